The van der Waals surface area contributed by atoms with Gasteiger partial charge in [0.15, 0.2) is 0 Å². The Morgan fingerprint density at radius 2 is 2.00 bits per heavy atom. The van der Waals surface area contributed by atoms with Crippen molar-refractivity contribution in [1.29, 1.82) is 0 Å². The summed E-state index contributed by atoms with van der Waals surface area (Å²) < 4.78 is 1.28. The standard InChI is InChI=1S/C18H26INO/c1-4-12-16(19)15-13(20-17(12)11(2)3)9-18(10-14(15)21)7-5-6-8-18/h11,14,21H,4-10H2,1-3H3/t14-/m0/s1. The molecule has 3 rings (SSSR count). The number of aromatic nitrogens is 1. The van der Waals surface area contributed by atoms with Crippen molar-refractivity contribution in [2.24, 2.45) is 5.41 Å². The molecule has 0 saturated heterocycles. The highest BCUT2D eigenvalue weighted by Gasteiger charge is 2.42. The number of halogens is 1. The minimum atomic E-state index is -0.308. The molecule has 1 aromatic heterocycles. The fourth-order valence-electron chi connectivity index (χ4n) is 4.41. The molecular weight excluding hydrogens is 373 g/mol. The van der Waals surface area contributed by atoms with Crippen molar-refractivity contribution < 1.29 is 5.11 Å². The molecule has 3 heteroatoms. The monoisotopic (exact) mass is 399 g/mol. The van der Waals surface area contributed by atoms with E-state index in [1.54, 1.807) is 0 Å². The van der Waals surface area contributed by atoms with Crippen LogP contribution in [0.5, 0.6) is 0 Å². The third kappa shape index (κ3) is 2.65. The van der Waals surface area contributed by atoms with Crippen LogP contribution >= 0.6 is 22.6 Å². The minimum Gasteiger partial charge on any atom is -0.388 e. The SMILES string of the molecule is CCc1c(C(C)C)nc2c(c1I)[C@@H](O)CC1(CCCC1)C2. The molecule has 1 spiro atoms. The van der Waals surface area contributed by atoms with Crippen LogP contribution in [0, 0.1) is 8.99 Å². The van der Waals surface area contributed by atoms with Gasteiger partial charge in [0.25, 0.3) is 0 Å². The molecule has 1 saturated carbocycles. The number of nitrogens with zero attached hydrogens (tertiary/aromatic N) is 1. The van der Waals surface area contributed by atoms with E-state index in [-0.39, 0.29) is 6.10 Å². The van der Waals surface area contributed by atoms with Crippen LogP contribution in [0.3, 0.4) is 0 Å². The molecule has 2 nitrogen and oxygen atoms in total. The molecular formula is C18H26INO. The summed E-state index contributed by atoms with van der Waals surface area (Å²) in [6, 6.07) is 0. The molecule has 0 aliphatic heterocycles. The van der Waals surface area contributed by atoms with Gasteiger partial charge >= 0.3 is 0 Å². The van der Waals surface area contributed by atoms with Crippen molar-refractivity contribution in [1.82, 2.24) is 4.98 Å². The molecule has 0 unspecified atom stereocenters. The van der Waals surface area contributed by atoms with E-state index < -0.39 is 0 Å². The van der Waals surface area contributed by atoms with E-state index in [1.165, 1.54) is 46.2 Å². The zero-order valence-electron chi connectivity index (χ0n) is 13.4. The summed E-state index contributed by atoms with van der Waals surface area (Å²) in [6.45, 7) is 6.66. The average Bonchev–Trinajstić information content (AvgIpc) is 2.85. The lowest BCUT2D eigenvalue weighted by Gasteiger charge is -2.38. The zero-order valence-corrected chi connectivity index (χ0v) is 15.5. The van der Waals surface area contributed by atoms with E-state index >= 15 is 0 Å². The summed E-state index contributed by atoms with van der Waals surface area (Å²) in [5.74, 6) is 0.456. The number of hydrogen-bond acceptors (Lipinski definition) is 2. The third-order valence-electron chi connectivity index (χ3n) is 5.44. The highest BCUT2D eigenvalue weighted by Crippen LogP contribution is 2.52. The number of aliphatic hydroxyl groups is 1. The molecule has 116 valence electrons. The summed E-state index contributed by atoms with van der Waals surface area (Å²) in [6.07, 6.45) is 7.91. The smallest absolute Gasteiger partial charge is 0.0823 e. The lowest BCUT2D eigenvalue weighted by atomic mass is 9.70. The zero-order chi connectivity index (χ0) is 15.2. The first kappa shape index (κ1) is 15.7. The molecule has 0 radical (unpaired) electrons. The molecule has 2 aliphatic rings. The van der Waals surface area contributed by atoms with Crippen molar-refractivity contribution in [3.8, 4) is 0 Å². The van der Waals surface area contributed by atoms with Gasteiger partial charge in [-0.2, -0.15) is 0 Å². The second-order valence-corrected chi connectivity index (χ2v) is 8.34. The number of aliphatic hydroxyl groups excluding tert-OH is 1. The van der Waals surface area contributed by atoms with Crippen LogP contribution in [0.1, 0.15) is 87.4 Å². The Hall–Kier alpha value is -0.160. The molecule has 0 bridgehead atoms. The molecule has 1 heterocycles. The first-order valence-electron chi connectivity index (χ1n) is 8.36. The van der Waals surface area contributed by atoms with Crippen molar-refractivity contribution in [3.63, 3.8) is 0 Å². The lowest BCUT2D eigenvalue weighted by Crippen LogP contribution is -2.31. The van der Waals surface area contributed by atoms with Gasteiger partial charge in [0.1, 0.15) is 0 Å². The average molecular weight is 399 g/mol. The quantitative estimate of drug-likeness (QED) is 0.717. The Bertz CT molecular complexity index is 547. The van der Waals surface area contributed by atoms with Crippen molar-refractivity contribution in [2.75, 3.05) is 0 Å². The number of hydrogen-bond donors (Lipinski definition) is 1. The van der Waals surface area contributed by atoms with Crippen LogP contribution in [0.4, 0.5) is 0 Å². The van der Waals surface area contributed by atoms with Gasteiger partial charge < -0.3 is 5.11 Å². The molecule has 0 amide bonds. The largest absolute Gasteiger partial charge is 0.388 e. The molecule has 1 N–H and O–H groups in total. The Balaban J connectivity index is 2.12. The van der Waals surface area contributed by atoms with Gasteiger partial charge in [0.05, 0.1) is 6.10 Å². The topological polar surface area (TPSA) is 33.1 Å². The van der Waals surface area contributed by atoms with Crippen LogP contribution in [0.25, 0.3) is 0 Å². The van der Waals surface area contributed by atoms with E-state index in [0.29, 0.717) is 11.3 Å². The fourth-order valence-corrected chi connectivity index (χ4v) is 5.74. The molecule has 2 aliphatic carbocycles. The Labute approximate surface area is 141 Å². The number of fused-ring (bicyclic) bond motifs is 1. The maximum absolute atomic E-state index is 10.8. The fraction of sp³-hybridized carbons (Fsp3) is 0.722. The van der Waals surface area contributed by atoms with Gasteiger partial charge in [0.2, 0.25) is 0 Å². The normalized spacial score (nSPS) is 23.8. The summed E-state index contributed by atoms with van der Waals surface area (Å²) in [5, 5.41) is 10.8. The second kappa shape index (κ2) is 5.80. The number of pyridine rings is 1. The van der Waals surface area contributed by atoms with Crippen LogP contribution < -0.4 is 0 Å². The summed E-state index contributed by atoms with van der Waals surface area (Å²) in [4.78, 5) is 5.05. The third-order valence-corrected chi connectivity index (χ3v) is 6.68. The Morgan fingerprint density at radius 1 is 1.33 bits per heavy atom. The highest BCUT2D eigenvalue weighted by atomic mass is 127. The minimum absolute atomic E-state index is 0.308. The Morgan fingerprint density at radius 3 is 2.57 bits per heavy atom. The molecule has 1 fully saturated rings. The summed E-state index contributed by atoms with van der Waals surface area (Å²) in [5.41, 5.74) is 5.29. The van der Waals surface area contributed by atoms with Crippen molar-refractivity contribution in [3.05, 3.63) is 26.1 Å². The van der Waals surface area contributed by atoms with Gasteiger partial charge in [0, 0.05) is 20.5 Å². The maximum atomic E-state index is 10.8. The second-order valence-electron chi connectivity index (χ2n) is 7.26. The van der Waals surface area contributed by atoms with Gasteiger partial charge in [-0.1, -0.05) is 33.6 Å². The van der Waals surface area contributed by atoms with E-state index in [9.17, 15) is 5.11 Å². The van der Waals surface area contributed by atoms with Gasteiger partial charge in [-0.15, -0.1) is 0 Å². The van der Waals surface area contributed by atoms with Crippen LogP contribution in [0.15, 0.2) is 0 Å². The molecule has 0 aromatic carbocycles. The maximum Gasteiger partial charge on any atom is 0.0823 e. The van der Waals surface area contributed by atoms with Crippen molar-refractivity contribution in [2.45, 2.75) is 77.7 Å². The predicted octanol–water partition coefficient (Wildman–Crippen LogP) is 4.91. The molecule has 1 aromatic rings. The van der Waals surface area contributed by atoms with E-state index in [4.69, 9.17) is 4.98 Å². The molecule has 21 heavy (non-hydrogen) atoms. The van der Waals surface area contributed by atoms with Crippen LogP contribution in [-0.4, -0.2) is 10.1 Å². The van der Waals surface area contributed by atoms with E-state index in [2.05, 4.69) is 43.4 Å². The van der Waals surface area contributed by atoms with Crippen molar-refractivity contribution >= 4 is 22.6 Å². The predicted molar refractivity (Wildman–Crippen MR) is 94.6 cm³/mol. The van der Waals surface area contributed by atoms with Crippen LogP contribution in [0.2, 0.25) is 0 Å². The summed E-state index contributed by atoms with van der Waals surface area (Å²) in [7, 11) is 0. The van der Waals surface area contributed by atoms with Gasteiger partial charge in [-0.25, -0.2) is 0 Å². The van der Waals surface area contributed by atoms with Gasteiger partial charge in [-0.3, -0.25) is 4.98 Å². The highest BCUT2D eigenvalue weighted by molar-refractivity contribution is 14.1. The molecule has 1 atom stereocenters. The number of rotatable bonds is 2. The van der Waals surface area contributed by atoms with Crippen LogP contribution in [-0.2, 0) is 12.8 Å². The van der Waals surface area contributed by atoms with E-state index in [0.717, 1.165) is 24.8 Å². The first-order chi connectivity index (χ1) is 9.97. The first-order valence-corrected chi connectivity index (χ1v) is 9.44. The lowest BCUT2D eigenvalue weighted by molar-refractivity contribution is 0.0810. The summed E-state index contributed by atoms with van der Waals surface area (Å²) >= 11 is 2.45. The Kier molecular flexibility index (Phi) is 4.34. The van der Waals surface area contributed by atoms with Gasteiger partial charge in [-0.05, 0) is 71.6 Å². The van der Waals surface area contributed by atoms with E-state index in [1.807, 2.05) is 0 Å².